The number of amides is 1. The van der Waals surface area contributed by atoms with Gasteiger partial charge in [-0.15, -0.1) is 11.3 Å². The quantitative estimate of drug-likeness (QED) is 0.374. The van der Waals surface area contributed by atoms with Crippen molar-refractivity contribution < 1.29 is 18.0 Å². The summed E-state index contributed by atoms with van der Waals surface area (Å²) in [5.41, 5.74) is 0.674. The first-order chi connectivity index (χ1) is 17.3. The average Bonchev–Trinajstić information content (AvgIpc) is 3.06. The molecule has 5 nitrogen and oxygen atoms in total. The Kier molecular flexibility index (Phi) is 7.19. The zero-order valence-electron chi connectivity index (χ0n) is 20.5. The van der Waals surface area contributed by atoms with E-state index in [1.807, 2.05) is 11.3 Å². The Bertz CT molecular complexity index is 1250. The maximum Gasteiger partial charge on any atom is 0.416 e. The fraction of sp³-hybridized carbons (Fsp3) is 0.519. The molecule has 192 valence electrons. The van der Waals surface area contributed by atoms with Crippen LogP contribution in [0.4, 0.5) is 19.0 Å². The molecular formula is C27H31F3N4OS. The number of halogens is 3. The second-order valence-corrected chi connectivity index (χ2v) is 10.8. The van der Waals surface area contributed by atoms with E-state index >= 15 is 0 Å². The number of hydrogen-bond acceptors (Lipinski definition) is 5. The minimum atomic E-state index is -4.47. The van der Waals surface area contributed by atoms with E-state index in [1.54, 1.807) is 4.90 Å². The van der Waals surface area contributed by atoms with E-state index in [0.29, 0.717) is 26.2 Å². The van der Waals surface area contributed by atoms with Gasteiger partial charge in [0.15, 0.2) is 0 Å². The molecule has 2 aliphatic rings. The Balaban J connectivity index is 1.40. The summed E-state index contributed by atoms with van der Waals surface area (Å²) in [6.07, 6.45) is 4.26. The number of nitrogens with zero attached hydrogens (tertiary/aromatic N) is 4. The maximum absolute atomic E-state index is 13.1. The van der Waals surface area contributed by atoms with Crippen molar-refractivity contribution in [2.24, 2.45) is 0 Å². The molecule has 1 fully saturated rings. The van der Waals surface area contributed by atoms with Gasteiger partial charge in [-0.1, -0.05) is 25.8 Å². The Morgan fingerprint density at radius 3 is 2.58 bits per heavy atom. The third-order valence-corrected chi connectivity index (χ3v) is 8.33. The van der Waals surface area contributed by atoms with Crippen LogP contribution in [0.5, 0.6) is 0 Å². The number of carbonyl (C=O) groups is 1. The molecule has 0 bridgehead atoms. The van der Waals surface area contributed by atoms with E-state index in [2.05, 4.69) is 11.8 Å². The first-order valence-electron chi connectivity index (χ1n) is 12.9. The van der Waals surface area contributed by atoms with E-state index in [1.165, 1.54) is 47.2 Å². The molecule has 0 spiro atoms. The number of unbranched alkanes of at least 4 members (excludes halogenated alkanes) is 1. The SMILES string of the molecule is CCCCc1nc(N2CCN(C(=O)c3cccc(C(F)(F)F)c3)CC2)c2c3c(sc2n1)CCCCC3. The highest BCUT2D eigenvalue weighted by Crippen LogP contribution is 2.39. The number of thiophene rings is 1. The smallest absolute Gasteiger partial charge is 0.352 e. The van der Waals surface area contributed by atoms with Crippen molar-refractivity contribution in [2.75, 3.05) is 31.1 Å². The van der Waals surface area contributed by atoms with Crippen LogP contribution in [0.15, 0.2) is 24.3 Å². The molecule has 0 N–H and O–H groups in total. The molecule has 1 amide bonds. The Labute approximate surface area is 213 Å². The normalized spacial score (nSPS) is 16.8. The largest absolute Gasteiger partial charge is 0.416 e. The summed E-state index contributed by atoms with van der Waals surface area (Å²) in [7, 11) is 0. The number of aromatic nitrogens is 2. The first kappa shape index (κ1) is 25.0. The monoisotopic (exact) mass is 516 g/mol. The van der Waals surface area contributed by atoms with Gasteiger partial charge in [0, 0.05) is 43.0 Å². The second-order valence-electron chi connectivity index (χ2n) is 9.67. The zero-order chi connectivity index (χ0) is 25.3. The number of aryl methyl sites for hydroxylation is 3. The summed E-state index contributed by atoms with van der Waals surface area (Å²) in [4.78, 5) is 29.4. The fourth-order valence-corrected chi connectivity index (χ4v) is 6.44. The van der Waals surface area contributed by atoms with E-state index in [9.17, 15) is 18.0 Å². The van der Waals surface area contributed by atoms with Gasteiger partial charge in [0.1, 0.15) is 16.5 Å². The number of rotatable bonds is 5. The number of hydrogen-bond donors (Lipinski definition) is 0. The van der Waals surface area contributed by atoms with Gasteiger partial charge in [0.05, 0.1) is 10.9 Å². The maximum atomic E-state index is 13.1. The summed E-state index contributed by atoms with van der Waals surface area (Å²) in [5.74, 6) is 1.48. The number of benzene rings is 1. The first-order valence-corrected chi connectivity index (χ1v) is 13.7. The number of alkyl halides is 3. The highest BCUT2D eigenvalue weighted by molar-refractivity contribution is 7.19. The van der Waals surface area contributed by atoms with Crippen LogP contribution in [0.3, 0.4) is 0 Å². The molecular weight excluding hydrogens is 485 g/mol. The van der Waals surface area contributed by atoms with Gasteiger partial charge in [0.2, 0.25) is 0 Å². The molecule has 0 saturated carbocycles. The van der Waals surface area contributed by atoms with Crippen molar-refractivity contribution in [1.82, 2.24) is 14.9 Å². The van der Waals surface area contributed by atoms with Crippen LogP contribution in [0, 0.1) is 0 Å². The molecule has 9 heteroatoms. The van der Waals surface area contributed by atoms with E-state index in [4.69, 9.17) is 9.97 Å². The van der Waals surface area contributed by atoms with Gasteiger partial charge in [-0.05, 0) is 55.9 Å². The molecule has 0 unspecified atom stereocenters. The van der Waals surface area contributed by atoms with Crippen LogP contribution >= 0.6 is 11.3 Å². The summed E-state index contributed by atoms with van der Waals surface area (Å²) >= 11 is 1.81. The molecule has 0 atom stereocenters. The van der Waals surface area contributed by atoms with Crippen molar-refractivity contribution in [3.63, 3.8) is 0 Å². The number of piperazine rings is 1. The summed E-state index contributed by atoms with van der Waals surface area (Å²) in [5, 5.41) is 1.18. The molecule has 3 aromatic rings. The van der Waals surface area contributed by atoms with Crippen LogP contribution in [0.25, 0.3) is 10.2 Å². The standard InChI is InChI=1S/C27H31F3N4OS/c1-2-3-12-22-31-24(23-20-10-5-4-6-11-21(20)36-25(23)32-22)33-13-15-34(16-14-33)26(35)18-8-7-9-19(17-18)27(28,29)30/h7-9,17H,2-6,10-16H2,1H3. The van der Waals surface area contributed by atoms with Gasteiger partial charge in [-0.25, -0.2) is 9.97 Å². The lowest BCUT2D eigenvalue weighted by atomic mass is 10.1. The Hall–Kier alpha value is -2.68. The fourth-order valence-electron chi connectivity index (χ4n) is 5.17. The average molecular weight is 517 g/mol. The molecule has 2 aromatic heterocycles. The summed E-state index contributed by atoms with van der Waals surface area (Å²) in [6.45, 7) is 4.23. The highest BCUT2D eigenvalue weighted by atomic mass is 32.1. The molecule has 5 rings (SSSR count). The number of carbonyl (C=O) groups excluding carboxylic acids is 1. The van der Waals surface area contributed by atoms with Crippen molar-refractivity contribution in [2.45, 2.75) is 64.5 Å². The van der Waals surface area contributed by atoms with Crippen LogP contribution in [-0.4, -0.2) is 47.0 Å². The molecule has 1 aliphatic carbocycles. The Morgan fingerprint density at radius 2 is 1.83 bits per heavy atom. The van der Waals surface area contributed by atoms with Crippen LogP contribution in [-0.2, 0) is 25.4 Å². The third kappa shape index (κ3) is 5.08. The van der Waals surface area contributed by atoms with Gasteiger partial charge >= 0.3 is 6.18 Å². The Morgan fingerprint density at radius 1 is 1.06 bits per heavy atom. The number of fused-ring (bicyclic) bond motifs is 3. The lowest BCUT2D eigenvalue weighted by Gasteiger charge is -2.36. The van der Waals surface area contributed by atoms with E-state index < -0.39 is 11.7 Å². The van der Waals surface area contributed by atoms with Gasteiger partial charge in [-0.3, -0.25) is 4.79 Å². The summed E-state index contributed by atoms with van der Waals surface area (Å²) in [6, 6.07) is 4.70. The van der Waals surface area contributed by atoms with Crippen LogP contribution in [0.2, 0.25) is 0 Å². The van der Waals surface area contributed by atoms with Crippen molar-refractivity contribution >= 4 is 33.3 Å². The third-order valence-electron chi connectivity index (χ3n) is 7.15. The zero-order valence-corrected chi connectivity index (χ0v) is 21.4. The van der Waals surface area contributed by atoms with Crippen LogP contribution < -0.4 is 4.90 Å². The molecule has 1 saturated heterocycles. The molecule has 3 heterocycles. The van der Waals surface area contributed by atoms with Crippen molar-refractivity contribution in [3.8, 4) is 0 Å². The van der Waals surface area contributed by atoms with E-state index in [0.717, 1.165) is 60.7 Å². The minimum Gasteiger partial charge on any atom is -0.352 e. The van der Waals surface area contributed by atoms with Gasteiger partial charge < -0.3 is 9.80 Å². The van der Waals surface area contributed by atoms with Crippen molar-refractivity contribution in [3.05, 3.63) is 51.7 Å². The van der Waals surface area contributed by atoms with Crippen LogP contribution in [0.1, 0.15) is 71.2 Å². The lowest BCUT2D eigenvalue weighted by molar-refractivity contribution is -0.137. The lowest BCUT2D eigenvalue weighted by Crippen LogP contribution is -2.49. The van der Waals surface area contributed by atoms with Gasteiger partial charge in [-0.2, -0.15) is 13.2 Å². The summed E-state index contributed by atoms with van der Waals surface area (Å²) < 4.78 is 39.4. The topological polar surface area (TPSA) is 49.3 Å². The predicted octanol–water partition coefficient (Wildman–Crippen LogP) is 6.28. The molecule has 36 heavy (non-hydrogen) atoms. The minimum absolute atomic E-state index is 0.0766. The van der Waals surface area contributed by atoms with Crippen molar-refractivity contribution in [1.29, 1.82) is 0 Å². The molecule has 1 aromatic carbocycles. The van der Waals surface area contributed by atoms with E-state index in [-0.39, 0.29) is 11.5 Å². The predicted molar refractivity (Wildman–Crippen MR) is 137 cm³/mol. The number of anilines is 1. The molecule has 1 aliphatic heterocycles. The highest BCUT2D eigenvalue weighted by Gasteiger charge is 2.32. The van der Waals surface area contributed by atoms with Gasteiger partial charge in [0.25, 0.3) is 5.91 Å². The molecule has 0 radical (unpaired) electrons. The second kappa shape index (κ2) is 10.4.